The first-order chi connectivity index (χ1) is 12.2. The zero-order valence-electron chi connectivity index (χ0n) is 14.2. The number of carbonyl (C=O) groups is 2. The first-order valence-corrected chi connectivity index (χ1v) is 8.22. The van der Waals surface area contributed by atoms with Crippen molar-refractivity contribution in [3.8, 4) is 0 Å². The second-order valence-electron chi connectivity index (χ2n) is 6.12. The van der Waals surface area contributed by atoms with Crippen molar-refractivity contribution >= 4 is 12.0 Å². The van der Waals surface area contributed by atoms with E-state index in [0.29, 0.717) is 19.4 Å². The lowest BCUT2D eigenvalue weighted by molar-refractivity contribution is -0.141. The average molecular weight is 374 g/mol. The quantitative estimate of drug-likeness (QED) is 0.677. The van der Waals surface area contributed by atoms with Gasteiger partial charge in [-0.15, -0.1) is 0 Å². The number of hydrogen-bond donors (Lipinski definition) is 3. The van der Waals surface area contributed by atoms with E-state index in [9.17, 15) is 22.8 Å². The Morgan fingerprint density at radius 1 is 1.35 bits per heavy atom. The van der Waals surface area contributed by atoms with Gasteiger partial charge in [-0.3, -0.25) is 9.69 Å². The molecule has 3 N–H and O–H groups in total. The molecule has 0 unspecified atom stereocenters. The number of urea groups is 1. The summed E-state index contributed by atoms with van der Waals surface area (Å²) in [7, 11) is 0. The number of nitrogens with one attached hydrogen (secondary N) is 2. The molecule has 144 valence electrons. The van der Waals surface area contributed by atoms with Crippen LogP contribution in [-0.2, 0) is 17.5 Å². The molecule has 1 saturated carbocycles. The first kappa shape index (κ1) is 20.0. The summed E-state index contributed by atoms with van der Waals surface area (Å²) in [4.78, 5) is 27.9. The van der Waals surface area contributed by atoms with E-state index >= 15 is 0 Å². The number of carboxylic acid groups (broad SMARTS) is 1. The number of carbonyl (C=O) groups excluding carboxylic acids is 1. The summed E-state index contributed by atoms with van der Waals surface area (Å²) in [5, 5.41) is 14.0. The molecule has 1 fully saturated rings. The number of hydrogen-bond acceptors (Lipinski definition) is 4. The number of aromatic nitrogens is 1. The van der Waals surface area contributed by atoms with E-state index in [1.54, 1.807) is 0 Å². The molecule has 0 bridgehead atoms. The molecule has 2 amide bonds. The number of carboxylic acids is 1. The maximum atomic E-state index is 12.6. The molecule has 10 heteroatoms. The fourth-order valence-corrected chi connectivity index (χ4v) is 2.82. The predicted molar refractivity (Wildman–Crippen MR) is 86.3 cm³/mol. The summed E-state index contributed by atoms with van der Waals surface area (Å²) in [6.45, 7) is 2.32. The van der Waals surface area contributed by atoms with Gasteiger partial charge in [0.15, 0.2) is 0 Å². The Bertz CT molecular complexity index is 648. The normalized spacial score (nSPS) is 19.7. The lowest BCUT2D eigenvalue weighted by atomic mass is 9.85. The van der Waals surface area contributed by atoms with Crippen molar-refractivity contribution in [2.24, 2.45) is 0 Å². The number of rotatable bonds is 7. The van der Waals surface area contributed by atoms with Gasteiger partial charge in [-0.2, -0.15) is 13.2 Å². The zero-order valence-corrected chi connectivity index (χ0v) is 14.2. The van der Waals surface area contributed by atoms with E-state index in [0.717, 1.165) is 6.07 Å². The van der Waals surface area contributed by atoms with Crippen molar-refractivity contribution in [3.05, 3.63) is 29.6 Å². The van der Waals surface area contributed by atoms with Crippen LogP contribution in [0.15, 0.2) is 18.2 Å². The summed E-state index contributed by atoms with van der Waals surface area (Å²) in [6, 6.07) is 3.04. The van der Waals surface area contributed by atoms with Crippen LogP contribution >= 0.6 is 0 Å². The Morgan fingerprint density at radius 3 is 2.62 bits per heavy atom. The summed E-state index contributed by atoms with van der Waals surface area (Å²) >= 11 is 0. The van der Waals surface area contributed by atoms with Gasteiger partial charge in [0.25, 0.3) is 0 Å². The number of alkyl halides is 3. The van der Waals surface area contributed by atoms with Gasteiger partial charge in [-0.05, 0) is 31.5 Å². The van der Waals surface area contributed by atoms with Crippen molar-refractivity contribution in [2.75, 3.05) is 13.1 Å². The van der Waals surface area contributed by atoms with Crippen molar-refractivity contribution in [1.29, 1.82) is 0 Å². The maximum Gasteiger partial charge on any atom is 0.433 e. The van der Waals surface area contributed by atoms with Crippen LogP contribution in [-0.4, -0.2) is 52.2 Å². The molecular weight excluding hydrogens is 353 g/mol. The third-order valence-corrected chi connectivity index (χ3v) is 4.24. The molecule has 7 nitrogen and oxygen atoms in total. The summed E-state index contributed by atoms with van der Waals surface area (Å²) in [5.41, 5.74) is -0.891. The van der Waals surface area contributed by atoms with Crippen LogP contribution in [0.2, 0.25) is 0 Å². The smallest absolute Gasteiger partial charge is 0.433 e. The van der Waals surface area contributed by atoms with Gasteiger partial charge in [0.2, 0.25) is 0 Å². The van der Waals surface area contributed by atoms with Crippen LogP contribution in [0.3, 0.4) is 0 Å². The third-order valence-electron chi connectivity index (χ3n) is 4.24. The van der Waals surface area contributed by atoms with Crippen LogP contribution in [0.25, 0.3) is 0 Å². The van der Waals surface area contributed by atoms with E-state index in [-0.39, 0.29) is 30.9 Å². The molecule has 1 aromatic rings. The number of amides is 2. The summed E-state index contributed by atoms with van der Waals surface area (Å²) in [6.07, 6.45) is -3.26. The highest BCUT2D eigenvalue weighted by molar-refractivity contribution is 5.74. The lowest BCUT2D eigenvalue weighted by Crippen LogP contribution is -2.56. The van der Waals surface area contributed by atoms with Gasteiger partial charge >= 0.3 is 18.2 Å². The molecule has 2 rings (SSSR count). The van der Waals surface area contributed by atoms with Crippen molar-refractivity contribution < 1.29 is 27.9 Å². The molecule has 0 spiro atoms. The van der Waals surface area contributed by atoms with Crippen LogP contribution in [0.1, 0.15) is 31.2 Å². The van der Waals surface area contributed by atoms with Crippen molar-refractivity contribution in [2.45, 2.75) is 44.6 Å². The molecular formula is C16H21F3N4O3. The van der Waals surface area contributed by atoms with Gasteiger partial charge < -0.3 is 15.7 Å². The van der Waals surface area contributed by atoms with Crippen LogP contribution in [0.4, 0.5) is 18.0 Å². The van der Waals surface area contributed by atoms with Crippen molar-refractivity contribution in [3.63, 3.8) is 0 Å². The van der Waals surface area contributed by atoms with Crippen LogP contribution in [0.5, 0.6) is 0 Å². The summed E-state index contributed by atoms with van der Waals surface area (Å²) < 4.78 is 37.8. The van der Waals surface area contributed by atoms with E-state index in [1.807, 2.05) is 11.8 Å². The Hall–Kier alpha value is -2.36. The third kappa shape index (κ3) is 5.58. The molecule has 1 aliphatic carbocycles. The fraction of sp³-hybridized carbons (Fsp3) is 0.562. The van der Waals surface area contributed by atoms with Gasteiger partial charge in [-0.1, -0.05) is 13.0 Å². The molecule has 1 heterocycles. The lowest BCUT2D eigenvalue weighted by Gasteiger charge is -2.42. The molecule has 0 atom stereocenters. The topological polar surface area (TPSA) is 94.6 Å². The van der Waals surface area contributed by atoms with Gasteiger partial charge in [-0.25, -0.2) is 9.78 Å². The highest BCUT2D eigenvalue weighted by Crippen LogP contribution is 2.27. The van der Waals surface area contributed by atoms with Crippen LogP contribution in [0, 0.1) is 0 Å². The van der Waals surface area contributed by atoms with Gasteiger partial charge in [0, 0.05) is 12.1 Å². The Morgan fingerprint density at radius 2 is 2.04 bits per heavy atom. The first-order valence-electron chi connectivity index (χ1n) is 8.22. The monoisotopic (exact) mass is 374 g/mol. The highest BCUT2D eigenvalue weighted by atomic mass is 19.4. The molecule has 0 aliphatic heterocycles. The number of aliphatic carboxylic acids is 1. The van der Waals surface area contributed by atoms with E-state index < -0.39 is 23.9 Å². The Kier molecular flexibility index (Phi) is 6.41. The SMILES string of the molecule is CCN(CC(=O)O)C1CC(NC(=O)NCc2cccc(C(F)(F)F)n2)C1. The molecule has 1 aromatic heterocycles. The summed E-state index contributed by atoms with van der Waals surface area (Å²) in [5.74, 6) is -0.894. The maximum absolute atomic E-state index is 12.6. The Balaban J connectivity index is 1.75. The predicted octanol–water partition coefficient (Wildman–Crippen LogP) is 1.84. The molecule has 0 aromatic carbocycles. The van der Waals surface area contributed by atoms with Gasteiger partial charge in [0.1, 0.15) is 5.69 Å². The number of pyridine rings is 1. The van der Waals surface area contributed by atoms with Crippen molar-refractivity contribution in [1.82, 2.24) is 20.5 Å². The van der Waals surface area contributed by atoms with E-state index in [2.05, 4.69) is 15.6 Å². The minimum absolute atomic E-state index is 0.0404. The number of nitrogens with zero attached hydrogens (tertiary/aromatic N) is 2. The van der Waals surface area contributed by atoms with E-state index in [1.165, 1.54) is 12.1 Å². The second-order valence-corrected chi connectivity index (χ2v) is 6.12. The Labute approximate surface area is 148 Å². The van der Waals surface area contributed by atoms with E-state index in [4.69, 9.17) is 5.11 Å². The number of likely N-dealkylation sites (N-methyl/N-ethyl adjacent to an activating group) is 1. The molecule has 26 heavy (non-hydrogen) atoms. The fourth-order valence-electron chi connectivity index (χ4n) is 2.82. The zero-order chi connectivity index (χ0) is 19.3. The van der Waals surface area contributed by atoms with Crippen LogP contribution < -0.4 is 10.6 Å². The molecule has 1 aliphatic rings. The second kappa shape index (κ2) is 8.35. The largest absolute Gasteiger partial charge is 0.480 e. The minimum Gasteiger partial charge on any atom is -0.480 e. The van der Waals surface area contributed by atoms with Gasteiger partial charge in [0.05, 0.1) is 18.8 Å². The number of halogens is 3. The minimum atomic E-state index is -4.53. The standard InChI is InChI=1S/C16H21F3N4O3/c1-2-23(9-14(24)25)12-6-11(7-12)22-15(26)20-8-10-4-3-5-13(21-10)16(17,18)19/h3-5,11-12H,2,6-9H2,1H3,(H,24,25)(H2,20,22,26). The highest BCUT2D eigenvalue weighted by Gasteiger charge is 2.35. The molecule has 0 radical (unpaired) electrons. The molecule has 0 saturated heterocycles. The average Bonchev–Trinajstić information content (AvgIpc) is 2.53.